The van der Waals surface area contributed by atoms with Gasteiger partial charge in [-0.1, -0.05) is 61.9 Å². The first-order valence-electron chi connectivity index (χ1n) is 10.1. The van der Waals surface area contributed by atoms with Crippen molar-refractivity contribution in [3.05, 3.63) is 77.0 Å². The molecular weight excluding hydrogens is 348 g/mol. The first-order chi connectivity index (χ1) is 13.8. The van der Waals surface area contributed by atoms with Gasteiger partial charge in [-0.15, -0.1) is 0 Å². The molecule has 4 heteroatoms. The molecule has 3 aromatic rings. The van der Waals surface area contributed by atoms with Crippen molar-refractivity contribution in [3.8, 4) is 0 Å². The number of hydrogen-bond acceptors (Lipinski definition) is 4. The third-order valence-electron chi connectivity index (χ3n) is 5.31. The van der Waals surface area contributed by atoms with E-state index in [1.165, 1.54) is 5.56 Å². The Kier molecular flexibility index (Phi) is 5.68. The second-order valence-electron chi connectivity index (χ2n) is 7.36. The monoisotopic (exact) mass is 374 g/mol. The lowest BCUT2D eigenvalue weighted by atomic mass is 9.95. The smallest absolute Gasteiger partial charge is 0.339 e. The highest BCUT2D eigenvalue weighted by Gasteiger charge is 2.26. The molecule has 0 aliphatic carbocycles. The van der Waals surface area contributed by atoms with Gasteiger partial charge in [0, 0.05) is 42.7 Å². The summed E-state index contributed by atoms with van der Waals surface area (Å²) in [7, 11) is 0. The molecule has 0 spiro atoms. The fourth-order valence-corrected chi connectivity index (χ4v) is 3.84. The average molecular weight is 374 g/mol. The van der Waals surface area contributed by atoms with Crippen molar-refractivity contribution in [2.45, 2.75) is 39.3 Å². The van der Waals surface area contributed by atoms with Crippen LogP contribution in [0.3, 0.4) is 0 Å². The van der Waals surface area contributed by atoms with Crippen molar-refractivity contribution in [2.75, 3.05) is 13.2 Å². The molecular formula is C24H26N2O2. The summed E-state index contributed by atoms with van der Waals surface area (Å²) in [5.41, 5.74) is 4.93. The van der Waals surface area contributed by atoms with Crippen LogP contribution in [0.2, 0.25) is 0 Å². The number of para-hydroxylation sites is 1. The Morgan fingerprint density at radius 1 is 1.11 bits per heavy atom. The number of fused-ring (bicyclic) bond motifs is 2. The van der Waals surface area contributed by atoms with Crippen molar-refractivity contribution in [1.29, 1.82) is 0 Å². The standard InChI is InChI=1S/C24H26N2O2/c1-2-3-15-28-24(27)23-19-11-7-8-12-21(19)25-22-13-14-26(17-20(22)23)16-18-9-5-4-6-10-18/h4-12H,2-3,13-17H2,1H3. The number of hydrogen-bond donors (Lipinski definition) is 0. The maximum atomic E-state index is 13.0. The Labute approximate surface area is 166 Å². The van der Waals surface area contributed by atoms with Gasteiger partial charge in [0.05, 0.1) is 17.7 Å². The van der Waals surface area contributed by atoms with E-state index in [1.807, 2.05) is 30.3 Å². The van der Waals surface area contributed by atoms with Crippen LogP contribution in [0.1, 0.15) is 46.9 Å². The lowest BCUT2D eigenvalue weighted by Gasteiger charge is -2.30. The number of unbranched alkanes of at least 4 members (excludes halogenated alkanes) is 1. The molecule has 0 atom stereocenters. The van der Waals surface area contributed by atoms with E-state index in [0.29, 0.717) is 12.2 Å². The van der Waals surface area contributed by atoms with Crippen molar-refractivity contribution in [1.82, 2.24) is 9.88 Å². The molecule has 0 unspecified atom stereocenters. The zero-order valence-electron chi connectivity index (χ0n) is 16.4. The van der Waals surface area contributed by atoms with Gasteiger partial charge in [-0.05, 0) is 18.1 Å². The van der Waals surface area contributed by atoms with Crippen LogP contribution in [0.15, 0.2) is 54.6 Å². The fraction of sp³-hybridized carbons (Fsp3) is 0.333. The van der Waals surface area contributed by atoms with Crippen LogP contribution >= 0.6 is 0 Å². The molecule has 0 fully saturated rings. The lowest BCUT2D eigenvalue weighted by Crippen LogP contribution is -2.32. The number of carbonyl (C=O) groups is 1. The minimum Gasteiger partial charge on any atom is -0.462 e. The van der Waals surface area contributed by atoms with Gasteiger partial charge in [-0.2, -0.15) is 0 Å². The van der Waals surface area contributed by atoms with Crippen LogP contribution < -0.4 is 0 Å². The number of carbonyl (C=O) groups excluding carboxylic acids is 1. The van der Waals surface area contributed by atoms with Gasteiger partial charge >= 0.3 is 5.97 Å². The van der Waals surface area contributed by atoms with Crippen LogP contribution in [0.4, 0.5) is 0 Å². The molecule has 2 heterocycles. The summed E-state index contributed by atoms with van der Waals surface area (Å²) >= 11 is 0. The van der Waals surface area contributed by atoms with Gasteiger partial charge in [0.15, 0.2) is 0 Å². The van der Waals surface area contributed by atoms with E-state index in [2.05, 4.69) is 36.1 Å². The summed E-state index contributed by atoms with van der Waals surface area (Å²) in [6, 6.07) is 18.4. The normalized spacial score (nSPS) is 14.0. The fourth-order valence-electron chi connectivity index (χ4n) is 3.84. The van der Waals surface area contributed by atoms with Crippen molar-refractivity contribution in [2.24, 2.45) is 0 Å². The number of esters is 1. The Hall–Kier alpha value is -2.72. The maximum absolute atomic E-state index is 13.0. The number of rotatable bonds is 6. The van der Waals surface area contributed by atoms with Crippen molar-refractivity contribution < 1.29 is 9.53 Å². The number of aromatic nitrogens is 1. The zero-order chi connectivity index (χ0) is 19.3. The van der Waals surface area contributed by atoms with E-state index in [0.717, 1.165) is 61.1 Å². The topological polar surface area (TPSA) is 42.4 Å². The van der Waals surface area contributed by atoms with Crippen molar-refractivity contribution >= 4 is 16.9 Å². The third kappa shape index (κ3) is 3.92. The molecule has 1 aromatic heterocycles. The Morgan fingerprint density at radius 3 is 2.71 bits per heavy atom. The van der Waals surface area contributed by atoms with Crippen LogP contribution in [-0.4, -0.2) is 29.0 Å². The van der Waals surface area contributed by atoms with Gasteiger partial charge < -0.3 is 4.74 Å². The predicted octanol–water partition coefficient (Wildman–Crippen LogP) is 4.75. The van der Waals surface area contributed by atoms with Crippen LogP contribution in [0.5, 0.6) is 0 Å². The highest BCUT2D eigenvalue weighted by molar-refractivity contribution is 6.05. The Balaban J connectivity index is 1.68. The molecule has 1 aliphatic heterocycles. The van der Waals surface area contributed by atoms with Gasteiger partial charge in [0.2, 0.25) is 0 Å². The Bertz CT molecular complexity index is 969. The first kappa shape index (κ1) is 18.6. The summed E-state index contributed by atoms with van der Waals surface area (Å²) in [5, 5.41) is 0.893. The second-order valence-corrected chi connectivity index (χ2v) is 7.36. The van der Waals surface area contributed by atoms with E-state index >= 15 is 0 Å². The number of ether oxygens (including phenoxy) is 1. The molecule has 2 aromatic carbocycles. The quantitative estimate of drug-likeness (QED) is 0.461. The largest absolute Gasteiger partial charge is 0.462 e. The number of benzene rings is 2. The summed E-state index contributed by atoms with van der Waals surface area (Å²) in [6.45, 7) is 5.10. The molecule has 4 nitrogen and oxygen atoms in total. The van der Waals surface area contributed by atoms with Crippen LogP contribution in [-0.2, 0) is 24.2 Å². The minimum absolute atomic E-state index is 0.218. The van der Waals surface area contributed by atoms with Crippen molar-refractivity contribution in [3.63, 3.8) is 0 Å². The van der Waals surface area contributed by atoms with Crippen LogP contribution in [0.25, 0.3) is 10.9 Å². The molecule has 1 aliphatic rings. The minimum atomic E-state index is -0.218. The number of pyridine rings is 1. The molecule has 0 N–H and O–H groups in total. The predicted molar refractivity (Wildman–Crippen MR) is 111 cm³/mol. The van der Waals surface area contributed by atoms with Gasteiger partial charge in [0.25, 0.3) is 0 Å². The summed E-state index contributed by atoms with van der Waals surface area (Å²) in [5.74, 6) is -0.218. The van der Waals surface area contributed by atoms with Crippen LogP contribution in [0, 0.1) is 0 Å². The molecule has 0 saturated heterocycles. The second kappa shape index (κ2) is 8.53. The Morgan fingerprint density at radius 2 is 1.89 bits per heavy atom. The first-order valence-corrected chi connectivity index (χ1v) is 10.1. The highest BCUT2D eigenvalue weighted by atomic mass is 16.5. The molecule has 0 bridgehead atoms. The SMILES string of the molecule is CCCCOC(=O)c1c2c(nc3ccccc13)CCN(Cc1ccccc1)C2. The summed E-state index contributed by atoms with van der Waals surface area (Å²) < 4.78 is 5.61. The van der Waals surface area contributed by atoms with Gasteiger partial charge in [-0.3, -0.25) is 9.88 Å². The third-order valence-corrected chi connectivity index (χ3v) is 5.31. The van der Waals surface area contributed by atoms with Gasteiger partial charge in [0.1, 0.15) is 0 Å². The van der Waals surface area contributed by atoms with Gasteiger partial charge in [-0.25, -0.2) is 4.79 Å². The molecule has 4 rings (SSSR count). The molecule has 0 amide bonds. The summed E-state index contributed by atoms with van der Waals surface area (Å²) in [4.78, 5) is 20.3. The molecule has 28 heavy (non-hydrogen) atoms. The highest BCUT2D eigenvalue weighted by Crippen LogP contribution is 2.29. The van der Waals surface area contributed by atoms with E-state index in [-0.39, 0.29) is 5.97 Å². The van der Waals surface area contributed by atoms with E-state index in [1.54, 1.807) is 0 Å². The summed E-state index contributed by atoms with van der Waals surface area (Å²) in [6.07, 6.45) is 2.74. The average Bonchev–Trinajstić information content (AvgIpc) is 2.73. The zero-order valence-corrected chi connectivity index (χ0v) is 16.4. The number of nitrogens with zero attached hydrogens (tertiary/aromatic N) is 2. The van der Waals surface area contributed by atoms with E-state index in [9.17, 15) is 4.79 Å². The molecule has 0 saturated carbocycles. The van der Waals surface area contributed by atoms with E-state index < -0.39 is 0 Å². The molecule has 0 radical (unpaired) electrons. The maximum Gasteiger partial charge on any atom is 0.339 e. The molecule has 144 valence electrons. The lowest BCUT2D eigenvalue weighted by molar-refractivity contribution is 0.0498. The van der Waals surface area contributed by atoms with E-state index in [4.69, 9.17) is 9.72 Å².